The summed E-state index contributed by atoms with van der Waals surface area (Å²) < 4.78 is 5.63. The van der Waals surface area contributed by atoms with Crippen LogP contribution in [0.4, 0.5) is 11.4 Å². The minimum Gasteiger partial charge on any atom is -0.494 e. The molecule has 0 aliphatic heterocycles. The maximum atomic E-state index is 12.3. The fourth-order valence-corrected chi connectivity index (χ4v) is 2.98. The first-order chi connectivity index (χ1) is 15.6. The first-order valence-corrected chi connectivity index (χ1v) is 10.8. The molecule has 166 valence electrons. The van der Waals surface area contributed by atoms with Crippen LogP contribution in [0.3, 0.4) is 0 Å². The van der Waals surface area contributed by atoms with E-state index in [-0.39, 0.29) is 18.4 Å². The van der Waals surface area contributed by atoms with Gasteiger partial charge in [-0.05, 0) is 60.5 Å². The first kappa shape index (κ1) is 22.9. The van der Waals surface area contributed by atoms with E-state index in [1.54, 1.807) is 24.3 Å². The molecule has 3 aromatic rings. The number of amides is 2. The number of ether oxygens (including phenoxy) is 1. The third kappa shape index (κ3) is 7.47. The van der Waals surface area contributed by atoms with Crippen molar-refractivity contribution in [2.24, 2.45) is 0 Å². The molecule has 3 N–H and O–H groups in total. The second-order valence-corrected chi connectivity index (χ2v) is 7.37. The molecule has 0 aliphatic rings. The van der Waals surface area contributed by atoms with Crippen LogP contribution in [-0.4, -0.2) is 25.0 Å². The van der Waals surface area contributed by atoms with Gasteiger partial charge in [-0.1, -0.05) is 43.7 Å². The first-order valence-electron chi connectivity index (χ1n) is 10.8. The number of benzene rings is 3. The maximum absolute atomic E-state index is 12.3. The van der Waals surface area contributed by atoms with Crippen LogP contribution in [-0.2, 0) is 11.3 Å². The van der Waals surface area contributed by atoms with Crippen molar-refractivity contribution in [3.05, 3.63) is 90.0 Å². The molecule has 0 bridgehead atoms. The SMILES string of the molecule is CCCCOc1ccc(NCC(=O)Nc2ccc(C(=O)NCc3ccccc3)cc2)cc1. The zero-order valence-electron chi connectivity index (χ0n) is 18.3. The van der Waals surface area contributed by atoms with E-state index < -0.39 is 0 Å². The largest absolute Gasteiger partial charge is 0.494 e. The molecule has 3 aromatic carbocycles. The Bertz CT molecular complexity index is 987. The highest BCUT2D eigenvalue weighted by molar-refractivity contribution is 5.96. The van der Waals surface area contributed by atoms with Gasteiger partial charge in [-0.3, -0.25) is 9.59 Å². The number of carbonyl (C=O) groups is 2. The summed E-state index contributed by atoms with van der Waals surface area (Å²) in [7, 11) is 0. The normalized spacial score (nSPS) is 10.3. The third-order valence-corrected chi connectivity index (χ3v) is 4.80. The van der Waals surface area contributed by atoms with E-state index >= 15 is 0 Å². The lowest BCUT2D eigenvalue weighted by atomic mass is 10.1. The molecule has 0 radical (unpaired) electrons. The Labute approximate surface area is 189 Å². The van der Waals surface area contributed by atoms with Crippen LogP contribution in [0.1, 0.15) is 35.7 Å². The van der Waals surface area contributed by atoms with Gasteiger partial charge in [0.1, 0.15) is 5.75 Å². The second kappa shape index (κ2) is 12.2. The fourth-order valence-electron chi connectivity index (χ4n) is 2.98. The molecule has 0 atom stereocenters. The predicted octanol–water partition coefficient (Wildman–Crippen LogP) is 4.85. The molecule has 6 nitrogen and oxygen atoms in total. The summed E-state index contributed by atoms with van der Waals surface area (Å²) in [6.07, 6.45) is 2.12. The summed E-state index contributed by atoms with van der Waals surface area (Å²) in [6, 6.07) is 24.1. The van der Waals surface area contributed by atoms with Crippen LogP contribution in [0.5, 0.6) is 5.75 Å². The number of carbonyl (C=O) groups excluding carboxylic acids is 2. The molecule has 0 heterocycles. The van der Waals surface area contributed by atoms with Crippen LogP contribution in [0.25, 0.3) is 0 Å². The Hall–Kier alpha value is -3.80. The molecule has 0 saturated carbocycles. The molecule has 6 heteroatoms. The average Bonchev–Trinajstić information content (AvgIpc) is 2.83. The molecule has 0 saturated heterocycles. The molecule has 3 rings (SSSR count). The molecule has 0 aliphatic carbocycles. The number of hydrogen-bond donors (Lipinski definition) is 3. The van der Waals surface area contributed by atoms with Gasteiger partial charge < -0.3 is 20.7 Å². The zero-order chi connectivity index (χ0) is 22.6. The highest BCUT2D eigenvalue weighted by Gasteiger charge is 2.07. The molecule has 0 spiro atoms. The number of unbranched alkanes of at least 4 members (excludes halogenated alkanes) is 1. The van der Waals surface area contributed by atoms with Gasteiger partial charge in [0.25, 0.3) is 5.91 Å². The molecule has 0 unspecified atom stereocenters. The van der Waals surface area contributed by atoms with Gasteiger partial charge in [0.2, 0.25) is 5.91 Å². The van der Waals surface area contributed by atoms with E-state index in [2.05, 4.69) is 22.9 Å². The standard InChI is InChI=1S/C26H29N3O3/c1-2-3-17-32-24-15-13-22(14-16-24)27-19-25(30)29-23-11-9-21(10-12-23)26(31)28-18-20-7-5-4-6-8-20/h4-16,27H,2-3,17-19H2,1H3,(H,28,31)(H,29,30). The quantitative estimate of drug-likeness (QED) is 0.379. The number of rotatable bonds is 11. The Morgan fingerprint density at radius 2 is 1.53 bits per heavy atom. The predicted molar refractivity (Wildman–Crippen MR) is 128 cm³/mol. The summed E-state index contributed by atoms with van der Waals surface area (Å²) >= 11 is 0. The second-order valence-electron chi connectivity index (χ2n) is 7.37. The van der Waals surface area contributed by atoms with Crippen molar-refractivity contribution < 1.29 is 14.3 Å². The van der Waals surface area contributed by atoms with Gasteiger partial charge in [0.05, 0.1) is 13.2 Å². The van der Waals surface area contributed by atoms with Crippen molar-refractivity contribution in [2.45, 2.75) is 26.3 Å². The van der Waals surface area contributed by atoms with Crippen LogP contribution < -0.4 is 20.7 Å². The summed E-state index contributed by atoms with van der Waals surface area (Å²) in [5.74, 6) is 0.492. The monoisotopic (exact) mass is 431 g/mol. The molecule has 0 aromatic heterocycles. The Balaban J connectivity index is 1.41. The fraction of sp³-hybridized carbons (Fsp3) is 0.231. The van der Waals surface area contributed by atoms with Gasteiger partial charge in [-0.25, -0.2) is 0 Å². The third-order valence-electron chi connectivity index (χ3n) is 4.80. The van der Waals surface area contributed by atoms with Crippen molar-refractivity contribution in [1.82, 2.24) is 5.32 Å². The topological polar surface area (TPSA) is 79.5 Å². The minimum absolute atomic E-state index is 0.134. The number of anilines is 2. The lowest BCUT2D eigenvalue weighted by molar-refractivity contribution is -0.114. The van der Waals surface area contributed by atoms with Gasteiger partial charge >= 0.3 is 0 Å². The molecule has 2 amide bonds. The summed E-state index contributed by atoms with van der Waals surface area (Å²) in [5, 5.41) is 8.80. The van der Waals surface area contributed by atoms with Crippen LogP contribution in [0.15, 0.2) is 78.9 Å². The van der Waals surface area contributed by atoms with E-state index in [4.69, 9.17) is 4.74 Å². The van der Waals surface area contributed by atoms with Crippen molar-refractivity contribution in [3.8, 4) is 5.75 Å². The summed E-state index contributed by atoms with van der Waals surface area (Å²) in [6.45, 7) is 3.43. The Morgan fingerprint density at radius 1 is 0.844 bits per heavy atom. The van der Waals surface area contributed by atoms with Crippen LogP contribution in [0.2, 0.25) is 0 Å². The number of hydrogen-bond acceptors (Lipinski definition) is 4. The molecular formula is C26H29N3O3. The van der Waals surface area contributed by atoms with Crippen molar-refractivity contribution >= 4 is 23.2 Å². The van der Waals surface area contributed by atoms with E-state index in [0.29, 0.717) is 24.4 Å². The lowest BCUT2D eigenvalue weighted by Gasteiger charge is -2.10. The maximum Gasteiger partial charge on any atom is 0.251 e. The van der Waals surface area contributed by atoms with Crippen molar-refractivity contribution in [1.29, 1.82) is 0 Å². The van der Waals surface area contributed by atoms with Gasteiger partial charge in [-0.2, -0.15) is 0 Å². The van der Waals surface area contributed by atoms with Crippen LogP contribution >= 0.6 is 0 Å². The summed E-state index contributed by atoms with van der Waals surface area (Å²) in [4.78, 5) is 24.5. The molecule has 0 fully saturated rings. The lowest BCUT2D eigenvalue weighted by Crippen LogP contribution is -2.23. The van der Waals surface area contributed by atoms with Gasteiger partial charge in [0.15, 0.2) is 0 Å². The van der Waals surface area contributed by atoms with E-state index in [1.165, 1.54) is 0 Å². The molecular weight excluding hydrogens is 402 g/mol. The average molecular weight is 432 g/mol. The van der Waals surface area contributed by atoms with Crippen molar-refractivity contribution in [2.75, 3.05) is 23.8 Å². The Kier molecular flexibility index (Phi) is 8.69. The highest BCUT2D eigenvalue weighted by atomic mass is 16.5. The van der Waals surface area contributed by atoms with Gasteiger partial charge in [0, 0.05) is 23.5 Å². The number of nitrogens with one attached hydrogen (secondary N) is 3. The molecule has 32 heavy (non-hydrogen) atoms. The van der Waals surface area contributed by atoms with Crippen LogP contribution in [0, 0.1) is 0 Å². The zero-order valence-corrected chi connectivity index (χ0v) is 18.3. The highest BCUT2D eigenvalue weighted by Crippen LogP contribution is 2.16. The van der Waals surface area contributed by atoms with E-state index in [9.17, 15) is 9.59 Å². The van der Waals surface area contributed by atoms with Gasteiger partial charge in [-0.15, -0.1) is 0 Å². The van der Waals surface area contributed by atoms with Crippen molar-refractivity contribution in [3.63, 3.8) is 0 Å². The summed E-state index contributed by atoms with van der Waals surface area (Å²) in [5.41, 5.74) is 3.05. The Morgan fingerprint density at radius 3 is 2.22 bits per heavy atom. The minimum atomic E-state index is -0.172. The van der Waals surface area contributed by atoms with E-state index in [1.807, 2.05) is 54.6 Å². The van der Waals surface area contributed by atoms with E-state index in [0.717, 1.165) is 29.8 Å². The smallest absolute Gasteiger partial charge is 0.251 e.